The lowest BCUT2D eigenvalue weighted by atomic mass is 10.0. The van der Waals surface area contributed by atoms with Crippen LogP contribution in [-0.2, 0) is 0 Å². The summed E-state index contributed by atoms with van der Waals surface area (Å²) in [5.74, 6) is 0. The number of rotatable bonds is 2. The van der Waals surface area contributed by atoms with E-state index in [4.69, 9.17) is 0 Å². The van der Waals surface area contributed by atoms with E-state index in [-0.39, 0.29) is 0 Å². The van der Waals surface area contributed by atoms with Crippen LogP contribution in [0.25, 0.3) is 79.0 Å². The van der Waals surface area contributed by atoms with E-state index in [9.17, 15) is 0 Å². The molecule has 0 spiro atoms. The molecule has 4 heteroatoms. The quantitative estimate of drug-likeness (QED) is 0.184. The van der Waals surface area contributed by atoms with E-state index < -0.39 is 0 Å². The highest BCUT2D eigenvalue weighted by Gasteiger charge is 2.17. The number of aromatic nitrogens is 1. The summed E-state index contributed by atoms with van der Waals surface area (Å²) in [5, 5.41) is 7.86. The van der Waals surface area contributed by atoms with Gasteiger partial charge in [0.05, 0.1) is 11.0 Å². The number of halogens is 1. The summed E-state index contributed by atoms with van der Waals surface area (Å²) >= 11 is 7.53. The van der Waals surface area contributed by atoms with Crippen molar-refractivity contribution in [3.63, 3.8) is 0 Å². The lowest BCUT2D eigenvalue weighted by molar-refractivity contribution is 1.18. The van der Waals surface area contributed by atoms with E-state index in [1.165, 1.54) is 79.0 Å². The third-order valence-electron chi connectivity index (χ3n) is 8.06. The van der Waals surface area contributed by atoms with Crippen LogP contribution in [0.5, 0.6) is 0 Å². The van der Waals surface area contributed by atoms with Gasteiger partial charge < -0.3 is 4.57 Å². The summed E-state index contributed by atoms with van der Waals surface area (Å²) < 4.78 is 8.87. The Balaban J connectivity index is 1.35. The SMILES string of the molecule is Brc1cccc2sc3ccc(-c4ccc5c(c4)c4cc6c(cc4n5-c4ccccc4)sc4ccccc46)cc3c12. The number of hydrogen-bond donors (Lipinski definition) is 0. The molecule has 0 aliphatic heterocycles. The minimum absolute atomic E-state index is 1.15. The molecule has 0 saturated heterocycles. The first-order valence-corrected chi connectivity index (χ1v) is 15.7. The molecule has 3 heterocycles. The number of nitrogens with zero attached hydrogens (tertiary/aromatic N) is 1. The van der Waals surface area contributed by atoms with Gasteiger partial charge >= 0.3 is 0 Å². The van der Waals surface area contributed by atoms with Gasteiger partial charge in [0.15, 0.2) is 0 Å². The molecule has 9 aromatic rings. The first-order chi connectivity index (χ1) is 19.7. The average Bonchev–Trinajstić information content (AvgIpc) is 3.65. The first-order valence-electron chi connectivity index (χ1n) is 13.3. The molecule has 0 unspecified atom stereocenters. The van der Waals surface area contributed by atoms with E-state index >= 15 is 0 Å². The van der Waals surface area contributed by atoms with E-state index in [0.29, 0.717) is 0 Å². The summed E-state index contributed by atoms with van der Waals surface area (Å²) in [6.07, 6.45) is 0. The molecule has 1 nitrogen and oxygen atoms in total. The molecule has 0 amide bonds. The lowest BCUT2D eigenvalue weighted by Crippen LogP contribution is -1.92. The van der Waals surface area contributed by atoms with Gasteiger partial charge in [-0.1, -0.05) is 70.5 Å². The molecule has 3 aromatic heterocycles. The van der Waals surface area contributed by atoms with E-state index in [2.05, 4.69) is 142 Å². The van der Waals surface area contributed by atoms with Crippen LogP contribution < -0.4 is 0 Å². The van der Waals surface area contributed by atoms with Crippen molar-refractivity contribution in [3.8, 4) is 16.8 Å². The number of hydrogen-bond acceptors (Lipinski definition) is 2. The second kappa shape index (κ2) is 8.52. The van der Waals surface area contributed by atoms with Gasteiger partial charge in [0.2, 0.25) is 0 Å². The minimum Gasteiger partial charge on any atom is -0.309 e. The summed E-state index contributed by atoms with van der Waals surface area (Å²) in [5.41, 5.74) is 6.15. The zero-order chi connectivity index (χ0) is 26.4. The van der Waals surface area contributed by atoms with Crippen LogP contribution in [0.15, 0.2) is 126 Å². The fraction of sp³-hybridized carbons (Fsp3) is 0. The lowest BCUT2D eigenvalue weighted by Gasteiger charge is -2.08. The minimum atomic E-state index is 1.15. The zero-order valence-corrected chi connectivity index (χ0v) is 24.4. The van der Waals surface area contributed by atoms with Crippen molar-refractivity contribution in [2.24, 2.45) is 0 Å². The third kappa shape index (κ3) is 3.24. The van der Waals surface area contributed by atoms with Crippen molar-refractivity contribution < 1.29 is 0 Å². The number of para-hydroxylation sites is 1. The molecule has 0 bridgehead atoms. The van der Waals surface area contributed by atoms with Gasteiger partial charge in [-0.05, 0) is 77.9 Å². The van der Waals surface area contributed by atoms with Crippen LogP contribution >= 0.6 is 38.6 Å². The van der Waals surface area contributed by atoms with Crippen molar-refractivity contribution in [2.75, 3.05) is 0 Å². The van der Waals surface area contributed by atoms with Gasteiger partial charge in [0.25, 0.3) is 0 Å². The molecule has 188 valence electrons. The normalized spacial score (nSPS) is 12.1. The molecule has 40 heavy (non-hydrogen) atoms. The topological polar surface area (TPSA) is 4.93 Å². The van der Waals surface area contributed by atoms with Crippen molar-refractivity contribution >= 4 is 101 Å². The molecule has 0 atom stereocenters. The predicted octanol–water partition coefficient (Wildman–Crippen LogP) is 11.9. The molecule has 6 aromatic carbocycles. The number of thiophene rings is 2. The Morgan fingerprint density at radius 1 is 0.450 bits per heavy atom. The van der Waals surface area contributed by atoms with Gasteiger partial charge in [-0.15, -0.1) is 22.7 Å². The Hall–Kier alpha value is -3.96. The fourth-order valence-electron chi connectivity index (χ4n) is 6.24. The zero-order valence-electron chi connectivity index (χ0n) is 21.2. The van der Waals surface area contributed by atoms with Crippen LogP contribution in [0.4, 0.5) is 0 Å². The highest BCUT2D eigenvalue weighted by Crippen LogP contribution is 2.43. The second-order valence-corrected chi connectivity index (χ2v) is 13.3. The van der Waals surface area contributed by atoms with Crippen molar-refractivity contribution in [1.29, 1.82) is 0 Å². The smallest absolute Gasteiger partial charge is 0.0555 e. The molecule has 0 saturated carbocycles. The molecule has 0 fully saturated rings. The fourth-order valence-corrected chi connectivity index (χ4v) is 9.18. The maximum absolute atomic E-state index is 3.80. The van der Waals surface area contributed by atoms with Gasteiger partial charge in [0.1, 0.15) is 0 Å². The molecule has 0 N–H and O–H groups in total. The summed E-state index contributed by atoms with van der Waals surface area (Å²) in [6.45, 7) is 0. The Labute approximate surface area is 246 Å². The van der Waals surface area contributed by atoms with E-state index in [1.54, 1.807) is 0 Å². The molecule has 0 aliphatic carbocycles. The third-order valence-corrected chi connectivity index (χ3v) is 11.0. The van der Waals surface area contributed by atoms with Crippen molar-refractivity contribution in [2.45, 2.75) is 0 Å². The molecule has 0 aliphatic rings. The Morgan fingerprint density at radius 3 is 2.05 bits per heavy atom. The number of benzene rings is 6. The highest BCUT2D eigenvalue weighted by atomic mass is 79.9. The Bertz CT molecular complexity index is 2440. The van der Waals surface area contributed by atoms with Crippen LogP contribution in [-0.4, -0.2) is 4.57 Å². The van der Waals surface area contributed by atoms with Crippen LogP contribution in [0, 0.1) is 0 Å². The van der Waals surface area contributed by atoms with E-state index in [0.717, 1.165) is 4.47 Å². The standard InChI is InChI=1S/C36H20BrNS2/c37-29-10-6-12-34-36(29)28-18-22(14-16-33(28)39-34)21-13-15-30-25(17-21)26-19-27-24-9-4-5-11-32(24)40-35(27)20-31(26)38(30)23-7-2-1-3-8-23/h1-20H. The van der Waals surface area contributed by atoms with Crippen LogP contribution in [0.2, 0.25) is 0 Å². The maximum atomic E-state index is 3.80. The van der Waals surface area contributed by atoms with Crippen molar-refractivity contribution in [1.82, 2.24) is 4.57 Å². The van der Waals surface area contributed by atoms with E-state index in [1.807, 2.05) is 22.7 Å². The molecular formula is C36H20BrNS2. The Morgan fingerprint density at radius 2 is 1.15 bits per heavy atom. The second-order valence-electron chi connectivity index (χ2n) is 10.3. The first kappa shape index (κ1) is 22.8. The summed E-state index contributed by atoms with van der Waals surface area (Å²) in [6, 6.07) is 44.7. The van der Waals surface area contributed by atoms with Gasteiger partial charge in [0, 0.05) is 61.3 Å². The van der Waals surface area contributed by atoms with Crippen LogP contribution in [0.1, 0.15) is 0 Å². The summed E-state index contributed by atoms with van der Waals surface area (Å²) in [4.78, 5) is 0. The molecule has 9 rings (SSSR count). The average molecular weight is 611 g/mol. The Kier molecular flexibility index (Phi) is 4.86. The predicted molar refractivity (Wildman–Crippen MR) is 180 cm³/mol. The van der Waals surface area contributed by atoms with Gasteiger partial charge in [-0.3, -0.25) is 0 Å². The maximum Gasteiger partial charge on any atom is 0.0555 e. The van der Waals surface area contributed by atoms with Gasteiger partial charge in [-0.2, -0.15) is 0 Å². The van der Waals surface area contributed by atoms with Crippen LogP contribution in [0.3, 0.4) is 0 Å². The molecule has 0 radical (unpaired) electrons. The largest absolute Gasteiger partial charge is 0.309 e. The monoisotopic (exact) mass is 609 g/mol. The highest BCUT2D eigenvalue weighted by molar-refractivity contribution is 9.10. The van der Waals surface area contributed by atoms with Crippen molar-refractivity contribution in [3.05, 3.63) is 126 Å². The molecular weight excluding hydrogens is 590 g/mol. The summed E-state index contributed by atoms with van der Waals surface area (Å²) in [7, 11) is 0. The van der Waals surface area contributed by atoms with Gasteiger partial charge in [-0.25, -0.2) is 0 Å². The number of fused-ring (bicyclic) bond motifs is 9.